The average Bonchev–Trinajstić information content (AvgIpc) is 2.53. The van der Waals surface area contributed by atoms with Crippen molar-refractivity contribution in [3.63, 3.8) is 0 Å². The van der Waals surface area contributed by atoms with Crippen molar-refractivity contribution in [3.8, 4) is 0 Å². The number of anilines is 2. The SMILES string of the molecule is Fc1cc(Nc2ccc([C@H]3CNCCO3)cc2)cnc1Cl. The Hall–Kier alpha value is -1.69. The van der Waals surface area contributed by atoms with Crippen molar-refractivity contribution in [2.75, 3.05) is 25.0 Å². The number of pyridine rings is 1. The number of ether oxygens (including phenoxy) is 1. The lowest BCUT2D eigenvalue weighted by Crippen LogP contribution is -2.33. The number of halogens is 2. The lowest BCUT2D eigenvalue weighted by molar-refractivity contribution is 0.0277. The molecule has 1 aromatic carbocycles. The summed E-state index contributed by atoms with van der Waals surface area (Å²) in [4.78, 5) is 3.77. The molecule has 1 atom stereocenters. The van der Waals surface area contributed by atoms with Crippen molar-refractivity contribution in [2.45, 2.75) is 6.10 Å². The van der Waals surface area contributed by atoms with E-state index >= 15 is 0 Å². The molecular formula is C15H15ClFN3O. The predicted octanol–water partition coefficient (Wildman–Crippen LogP) is 3.28. The van der Waals surface area contributed by atoms with Gasteiger partial charge in [-0.15, -0.1) is 0 Å². The normalized spacial score (nSPS) is 18.5. The minimum absolute atomic E-state index is 0.0856. The molecule has 1 fully saturated rings. The highest BCUT2D eigenvalue weighted by molar-refractivity contribution is 6.29. The molecule has 1 aromatic heterocycles. The van der Waals surface area contributed by atoms with E-state index in [1.807, 2.05) is 24.3 Å². The third kappa shape index (κ3) is 3.50. The zero-order chi connectivity index (χ0) is 14.7. The first-order chi connectivity index (χ1) is 10.2. The third-order valence-corrected chi connectivity index (χ3v) is 3.57. The first-order valence-corrected chi connectivity index (χ1v) is 7.10. The monoisotopic (exact) mass is 307 g/mol. The lowest BCUT2D eigenvalue weighted by Gasteiger charge is -2.24. The van der Waals surface area contributed by atoms with Crippen LogP contribution >= 0.6 is 11.6 Å². The van der Waals surface area contributed by atoms with Crippen LogP contribution in [0.15, 0.2) is 36.5 Å². The van der Waals surface area contributed by atoms with Gasteiger partial charge in [0.2, 0.25) is 0 Å². The number of nitrogens with one attached hydrogen (secondary N) is 2. The van der Waals surface area contributed by atoms with Crippen LogP contribution in [0.5, 0.6) is 0 Å². The van der Waals surface area contributed by atoms with Crippen LogP contribution in [0.25, 0.3) is 0 Å². The maximum absolute atomic E-state index is 13.3. The van der Waals surface area contributed by atoms with Crippen LogP contribution in [0.4, 0.5) is 15.8 Å². The maximum Gasteiger partial charge on any atom is 0.164 e. The van der Waals surface area contributed by atoms with E-state index in [4.69, 9.17) is 16.3 Å². The van der Waals surface area contributed by atoms with Gasteiger partial charge in [-0.05, 0) is 17.7 Å². The predicted molar refractivity (Wildman–Crippen MR) is 80.5 cm³/mol. The molecule has 0 radical (unpaired) electrons. The van der Waals surface area contributed by atoms with Crippen LogP contribution in [-0.4, -0.2) is 24.7 Å². The number of hydrogen-bond acceptors (Lipinski definition) is 4. The Kier molecular flexibility index (Phi) is 4.34. The molecule has 1 saturated heterocycles. The quantitative estimate of drug-likeness (QED) is 0.854. The Bertz CT molecular complexity index is 615. The smallest absolute Gasteiger partial charge is 0.164 e. The van der Waals surface area contributed by atoms with E-state index in [1.54, 1.807) is 0 Å². The van der Waals surface area contributed by atoms with Crippen molar-refractivity contribution in [1.29, 1.82) is 0 Å². The Balaban J connectivity index is 1.70. The molecule has 1 aliphatic heterocycles. The second kappa shape index (κ2) is 6.39. The van der Waals surface area contributed by atoms with Crippen LogP contribution in [0.1, 0.15) is 11.7 Å². The third-order valence-electron chi connectivity index (χ3n) is 3.30. The lowest BCUT2D eigenvalue weighted by atomic mass is 10.1. The molecular weight excluding hydrogens is 293 g/mol. The molecule has 4 nitrogen and oxygen atoms in total. The number of aromatic nitrogens is 1. The molecule has 0 spiro atoms. The zero-order valence-electron chi connectivity index (χ0n) is 11.3. The Morgan fingerprint density at radius 1 is 1.29 bits per heavy atom. The number of nitrogens with zero attached hydrogens (tertiary/aromatic N) is 1. The molecule has 2 aromatic rings. The number of rotatable bonds is 3. The molecule has 3 rings (SSSR count). The highest BCUT2D eigenvalue weighted by Crippen LogP contribution is 2.23. The first kappa shape index (κ1) is 14.3. The second-order valence-corrected chi connectivity index (χ2v) is 5.17. The van der Waals surface area contributed by atoms with Crippen LogP contribution in [0.2, 0.25) is 5.15 Å². The van der Waals surface area contributed by atoms with E-state index in [0.29, 0.717) is 5.69 Å². The standard InChI is InChI=1S/C15H15ClFN3O/c16-15-13(17)7-12(8-19-15)20-11-3-1-10(2-4-11)14-9-18-5-6-21-14/h1-4,7-8,14,18,20H,5-6,9H2/t14-/m1/s1. The highest BCUT2D eigenvalue weighted by Gasteiger charge is 2.15. The van der Waals surface area contributed by atoms with Gasteiger partial charge in [0, 0.05) is 24.8 Å². The molecule has 0 amide bonds. The Morgan fingerprint density at radius 2 is 2.10 bits per heavy atom. The van der Waals surface area contributed by atoms with E-state index in [2.05, 4.69) is 15.6 Å². The molecule has 0 unspecified atom stereocenters. The van der Waals surface area contributed by atoms with Crippen molar-refractivity contribution >= 4 is 23.0 Å². The molecule has 6 heteroatoms. The Labute approximate surface area is 127 Å². The number of hydrogen-bond donors (Lipinski definition) is 2. The summed E-state index contributed by atoms with van der Waals surface area (Å²) in [7, 11) is 0. The zero-order valence-corrected chi connectivity index (χ0v) is 12.0. The summed E-state index contributed by atoms with van der Waals surface area (Å²) in [6.07, 6.45) is 1.58. The van der Waals surface area contributed by atoms with Gasteiger partial charge in [-0.25, -0.2) is 9.37 Å². The molecule has 0 saturated carbocycles. The summed E-state index contributed by atoms with van der Waals surface area (Å²) >= 11 is 5.56. The van der Waals surface area contributed by atoms with Crippen LogP contribution in [0, 0.1) is 5.82 Å². The summed E-state index contributed by atoms with van der Waals surface area (Å²) in [5.41, 5.74) is 2.53. The molecule has 2 heterocycles. The average molecular weight is 308 g/mol. The molecule has 21 heavy (non-hydrogen) atoms. The second-order valence-electron chi connectivity index (χ2n) is 4.81. The van der Waals surface area contributed by atoms with Crippen molar-refractivity contribution < 1.29 is 9.13 Å². The minimum atomic E-state index is -0.542. The van der Waals surface area contributed by atoms with Gasteiger partial charge in [-0.1, -0.05) is 23.7 Å². The van der Waals surface area contributed by atoms with Crippen LogP contribution in [0.3, 0.4) is 0 Å². The summed E-state index contributed by atoms with van der Waals surface area (Å²) in [5, 5.41) is 6.25. The van der Waals surface area contributed by atoms with Crippen LogP contribution < -0.4 is 10.6 Å². The van der Waals surface area contributed by atoms with Gasteiger partial charge < -0.3 is 15.4 Å². The van der Waals surface area contributed by atoms with Gasteiger partial charge in [-0.3, -0.25) is 0 Å². The van der Waals surface area contributed by atoms with Crippen molar-refractivity contribution in [3.05, 3.63) is 53.1 Å². The number of morpholine rings is 1. The summed E-state index contributed by atoms with van der Waals surface area (Å²) < 4.78 is 19.0. The fourth-order valence-electron chi connectivity index (χ4n) is 2.22. The van der Waals surface area contributed by atoms with Crippen molar-refractivity contribution in [1.82, 2.24) is 10.3 Å². The minimum Gasteiger partial charge on any atom is -0.371 e. The topological polar surface area (TPSA) is 46.2 Å². The molecule has 110 valence electrons. The van der Waals surface area contributed by atoms with Gasteiger partial charge in [0.1, 0.15) is 0 Å². The molecule has 0 bridgehead atoms. The van der Waals surface area contributed by atoms with E-state index in [0.717, 1.165) is 30.9 Å². The maximum atomic E-state index is 13.3. The van der Waals surface area contributed by atoms with Gasteiger partial charge in [-0.2, -0.15) is 0 Å². The fraction of sp³-hybridized carbons (Fsp3) is 0.267. The van der Waals surface area contributed by atoms with Crippen molar-refractivity contribution in [2.24, 2.45) is 0 Å². The summed E-state index contributed by atoms with van der Waals surface area (Å²) in [5.74, 6) is -0.542. The van der Waals surface area contributed by atoms with E-state index in [-0.39, 0.29) is 11.3 Å². The highest BCUT2D eigenvalue weighted by atomic mass is 35.5. The molecule has 2 N–H and O–H groups in total. The van der Waals surface area contributed by atoms with Gasteiger partial charge in [0.25, 0.3) is 0 Å². The first-order valence-electron chi connectivity index (χ1n) is 6.73. The van der Waals surface area contributed by atoms with E-state index in [1.165, 1.54) is 12.3 Å². The van der Waals surface area contributed by atoms with Gasteiger partial charge >= 0.3 is 0 Å². The summed E-state index contributed by atoms with van der Waals surface area (Å²) in [6, 6.07) is 9.18. The molecule has 0 aliphatic carbocycles. The largest absolute Gasteiger partial charge is 0.371 e. The Morgan fingerprint density at radius 3 is 2.76 bits per heavy atom. The van der Waals surface area contributed by atoms with Crippen LogP contribution in [-0.2, 0) is 4.74 Å². The van der Waals surface area contributed by atoms with Gasteiger partial charge in [0.15, 0.2) is 11.0 Å². The van der Waals surface area contributed by atoms with Gasteiger partial charge in [0.05, 0.1) is 24.6 Å². The fourth-order valence-corrected chi connectivity index (χ4v) is 2.32. The van der Waals surface area contributed by atoms with E-state index in [9.17, 15) is 4.39 Å². The number of benzene rings is 1. The molecule has 1 aliphatic rings. The summed E-state index contributed by atoms with van der Waals surface area (Å²) in [6.45, 7) is 2.44. The van der Waals surface area contributed by atoms with E-state index < -0.39 is 5.82 Å².